The Morgan fingerprint density at radius 1 is 1.11 bits per heavy atom. The first-order valence-corrected chi connectivity index (χ1v) is 14.6. The fourth-order valence-electron chi connectivity index (χ4n) is 6.01. The van der Waals surface area contributed by atoms with Gasteiger partial charge in [0.25, 0.3) is 5.91 Å². The number of methoxy groups -OCH3 is 1. The first kappa shape index (κ1) is 29.9. The first-order valence-electron chi connectivity index (χ1n) is 14.6. The second kappa shape index (κ2) is 10.7. The molecule has 0 bridgehead atoms. The van der Waals surface area contributed by atoms with Gasteiger partial charge < -0.3 is 14.5 Å². The summed E-state index contributed by atoms with van der Waals surface area (Å²) in [5.74, 6) is -0.836. The van der Waals surface area contributed by atoms with Crippen molar-refractivity contribution in [1.82, 2.24) is 29.5 Å². The number of benzene rings is 1. The molecule has 0 N–H and O–H groups in total. The van der Waals surface area contributed by atoms with Crippen LogP contribution in [0.2, 0.25) is 0 Å². The van der Waals surface area contributed by atoms with E-state index in [-0.39, 0.29) is 29.1 Å². The summed E-state index contributed by atoms with van der Waals surface area (Å²) < 4.78 is 87.9. The molecule has 3 aliphatic rings. The number of alkyl halides is 5. The van der Waals surface area contributed by atoms with Crippen LogP contribution in [0.4, 0.5) is 37.8 Å². The Morgan fingerprint density at radius 3 is 2.48 bits per heavy atom. The Kier molecular flexibility index (Phi) is 6.93. The Bertz CT molecular complexity index is 1850. The summed E-state index contributed by atoms with van der Waals surface area (Å²) in [6, 6.07) is 3.56. The fraction of sp³-hybridized carbons (Fsp3) is 0.400. The molecule has 0 atom stereocenters. The average molecular weight is 645 g/mol. The number of nitrogens with zero attached hydrogens (tertiary/aromatic N) is 8. The molecule has 46 heavy (non-hydrogen) atoms. The van der Waals surface area contributed by atoms with E-state index in [1.54, 1.807) is 16.0 Å². The maximum absolute atomic E-state index is 15.5. The molecular formula is C30H26F6N8O2. The lowest BCUT2D eigenvalue weighted by molar-refractivity contribution is -0.141. The van der Waals surface area contributed by atoms with E-state index in [0.29, 0.717) is 53.7 Å². The topological polar surface area (TPSA) is 102 Å². The summed E-state index contributed by atoms with van der Waals surface area (Å²) in [7, 11) is 1.49. The molecule has 0 unspecified atom stereocenters. The third-order valence-electron chi connectivity index (χ3n) is 8.57. The molecule has 7 rings (SSSR count). The molecule has 1 aliphatic heterocycles. The van der Waals surface area contributed by atoms with Crippen molar-refractivity contribution >= 4 is 17.4 Å². The molecule has 4 aromatic rings. The number of rotatable bonds is 8. The van der Waals surface area contributed by atoms with Gasteiger partial charge in [-0.3, -0.25) is 9.36 Å². The van der Waals surface area contributed by atoms with Gasteiger partial charge in [0.2, 0.25) is 5.88 Å². The largest absolute Gasteiger partial charge is 0.480 e. The molecule has 3 aromatic heterocycles. The minimum atomic E-state index is -5.00. The molecule has 10 nitrogen and oxygen atoms in total. The lowest BCUT2D eigenvalue weighted by atomic mass is 10.0. The predicted octanol–water partition coefficient (Wildman–Crippen LogP) is 6.14. The van der Waals surface area contributed by atoms with Crippen LogP contribution in [0.1, 0.15) is 62.0 Å². The number of hydrogen-bond donors (Lipinski definition) is 0. The van der Waals surface area contributed by atoms with Crippen LogP contribution in [0.5, 0.6) is 5.88 Å². The number of anilines is 2. The Morgan fingerprint density at radius 2 is 1.87 bits per heavy atom. The van der Waals surface area contributed by atoms with Crippen LogP contribution in [0.15, 0.2) is 36.9 Å². The van der Waals surface area contributed by atoms with Gasteiger partial charge >= 0.3 is 12.7 Å². The Hall–Kier alpha value is -4.76. The summed E-state index contributed by atoms with van der Waals surface area (Å²) in [5, 5.41) is 0. The van der Waals surface area contributed by atoms with E-state index in [9.17, 15) is 26.7 Å². The molecular weight excluding hydrogens is 618 g/mol. The highest BCUT2D eigenvalue weighted by molar-refractivity contribution is 6.09. The van der Waals surface area contributed by atoms with Crippen molar-refractivity contribution in [2.45, 2.75) is 63.3 Å². The maximum atomic E-state index is 15.5. The van der Waals surface area contributed by atoms with Crippen molar-refractivity contribution < 1.29 is 35.9 Å². The minimum Gasteiger partial charge on any atom is -0.480 e. The third kappa shape index (κ3) is 4.81. The smallest absolute Gasteiger partial charge is 0.434 e. The number of fused-ring (bicyclic) bond motifs is 1. The summed E-state index contributed by atoms with van der Waals surface area (Å²) in [4.78, 5) is 38.6. The van der Waals surface area contributed by atoms with E-state index < -0.39 is 41.2 Å². The number of carbonyl (C=O) groups excluding carboxylic acids is 1. The molecule has 1 spiro atoms. The van der Waals surface area contributed by atoms with Gasteiger partial charge in [-0.15, -0.1) is 0 Å². The monoisotopic (exact) mass is 644 g/mol. The Labute approximate surface area is 258 Å². The van der Waals surface area contributed by atoms with Gasteiger partial charge in [0, 0.05) is 25.2 Å². The van der Waals surface area contributed by atoms with Crippen molar-refractivity contribution in [2.75, 3.05) is 23.5 Å². The molecule has 1 aromatic carbocycles. The molecule has 4 heterocycles. The summed E-state index contributed by atoms with van der Waals surface area (Å²) in [5.41, 5.74) is -0.952. The van der Waals surface area contributed by atoms with E-state index in [2.05, 4.69) is 19.9 Å². The zero-order valence-electron chi connectivity index (χ0n) is 24.5. The van der Waals surface area contributed by atoms with Crippen LogP contribution in [-0.4, -0.2) is 54.6 Å². The van der Waals surface area contributed by atoms with Gasteiger partial charge in [-0.1, -0.05) is 6.07 Å². The van der Waals surface area contributed by atoms with Crippen LogP contribution in [0.3, 0.4) is 0 Å². The molecule has 2 aliphatic carbocycles. The fourth-order valence-corrected chi connectivity index (χ4v) is 6.01. The lowest BCUT2D eigenvalue weighted by Gasteiger charge is -2.42. The molecule has 1 amide bonds. The summed E-state index contributed by atoms with van der Waals surface area (Å²) >= 11 is 0. The predicted molar refractivity (Wildman–Crippen MR) is 152 cm³/mol. The van der Waals surface area contributed by atoms with Crippen molar-refractivity contribution in [3.05, 3.63) is 59.7 Å². The number of imidazole rings is 1. The first-order chi connectivity index (χ1) is 22.0. The van der Waals surface area contributed by atoms with Crippen LogP contribution in [0.25, 0.3) is 22.8 Å². The average Bonchev–Trinajstić information content (AvgIpc) is 3.96. The second-order valence-electron chi connectivity index (χ2n) is 11.4. The Balaban J connectivity index is 1.30. The zero-order chi connectivity index (χ0) is 32.5. The van der Waals surface area contributed by atoms with E-state index in [1.807, 2.05) is 6.92 Å². The van der Waals surface area contributed by atoms with Crippen molar-refractivity contribution in [1.29, 1.82) is 0 Å². The van der Waals surface area contributed by atoms with Crippen molar-refractivity contribution in [3.8, 4) is 28.7 Å². The SMILES string of the molecule is CCN1C(=O)C2(CC2)N(Cc2ccc(-c3nc(C(F)(F)F)cn3C(F)F)c(F)c2)c2nc(-c3c(OC)ncnc3C3CC3)ncc21. The lowest BCUT2D eigenvalue weighted by Crippen LogP contribution is -2.55. The molecule has 0 radical (unpaired) electrons. The highest BCUT2D eigenvalue weighted by atomic mass is 19.4. The van der Waals surface area contributed by atoms with Crippen LogP contribution in [0, 0.1) is 5.82 Å². The van der Waals surface area contributed by atoms with Gasteiger partial charge in [-0.25, -0.2) is 29.3 Å². The number of carbonyl (C=O) groups is 1. The van der Waals surface area contributed by atoms with Crippen LogP contribution in [-0.2, 0) is 17.5 Å². The maximum Gasteiger partial charge on any atom is 0.434 e. The highest BCUT2D eigenvalue weighted by Gasteiger charge is 2.60. The summed E-state index contributed by atoms with van der Waals surface area (Å²) in [6.45, 7) is -1.20. The van der Waals surface area contributed by atoms with Gasteiger partial charge in [0.15, 0.2) is 17.3 Å². The number of hydrogen-bond acceptors (Lipinski definition) is 8. The van der Waals surface area contributed by atoms with Gasteiger partial charge in [-0.2, -0.15) is 22.0 Å². The van der Waals surface area contributed by atoms with Crippen LogP contribution < -0.4 is 14.5 Å². The molecule has 0 saturated heterocycles. The number of ether oxygens (including phenoxy) is 1. The standard InChI is InChI=1S/C30H26F6N8O2/c1-3-42-19-11-37-23(21-22(16-5-6-16)38-14-39-26(21)46-2)41-25(19)44(29(8-9-29)27(42)45)12-15-4-7-17(18(31)10-15)24-40-20(30(34,35)36)13-43(24)28(32)33/h4,7,10-11,13-14,16,28H,3,5-6,8-9,12H2,1-2H3. The van der Waals surface area contributed by atoms with Crippen molar-refractivity contribution in [2.24, 2.45) is 0 Å². The second-order valence-corrected chi connectivity index (χ2v) is 11.4. The number of aromatic nitrogens is 6. The minimum absolute atomic E-state index is 0.0149. The summed E-state index contributed by atoms with van der Waals surface area (Å²) in [6.07, 6.45) is 1.05. The molecule has 16 heteroatoms. The number of halogens is 6. The van der Waals surface area contributed by atoms with E-state index in [1.165, 1.54) is 19.5 Å². The van der Waals surface area contributed by atoms with E-state index >= 15 is 4.39 Å². The quantitative estimate of drug-likeness (QED) is 0.211. The van der Waals surface area contributed by atoms with Crippen LogP contribution >= 0.6 is 0 Å². The van der Waals surface area contributed by atoms with Gasteiger partial charge in [-0.05, 0) is 50.3 Å². The third-order valence-corrected chi connectivity index (χ3v) is 8.57. The van der Waals surface area contributed by atoms with Gasteiger partial charge in [0.05, 0.1) is 24.6 Å². The van der Waals surface area contributed by atoms with Crippen molar-refractivity contribution in [3.63, 3.8) is 0 Å². The van der Waals surface area contributed by atoms with Gasteiger partial charge in [0.1, 0.15) is 34.8 Å². The zero-order valence-corrected chi connectivity index (χ0v) is 24.5. The highest BCUT2D eigenvalue weighted by Crippen LogP contribution is 2.53. The normalized spacial score (nSPS) is 17.2. The van der Waals surface area contributed by atoms with E-state index in [4.69, 9.17) is 9.72 Å². The molecule has 2 fully saturated rings. The molecule has 240 valence electrons. The van der Waals surface area contributed by atoms with E-state index in [0.717, 1.165) is 30.7 Å². The number of amides is 1. The number of likely N-dealkylation sites (N-methyl/N-ethyl adjacent to an activating group) is 1. The molecule has 2 saturated carbocycles.